The summed E-state index contributed by atoms with van der Waals surface area (Å²) in [5.74, 6) is 0.321. The molecule has 0 saturated heterocycles. The van der Waals surface area contributed by atoms with Crippen molar-refractivity contribution in [2.75, 3.05) is 12.8 Å². The molecule has 0 aliphatic heterocycles. The zero-order chi connectivity index (χ0) is 18.2. The van der Waals surface area contributed by atoms with Gasteiger partial charge in [-0.05, 0) is 24.3 Å². The van der Waals surface area contributed by atoms with Crippen LogP contribution < -0.4 is 5.73 Å². The van der Waals surface area contributed by atoms with Gasteiger partial charge >= 0.3 is 6.18 Å². The van der Waals surface area contributed by atoms with E-state index in [-0.39, 0.29) is 4.88 Å². The molecule has 5 nitrogen and oxygen atoms in total. The van der Waals surface area contributed by atoms with Gasteiger partial charge in [-0.3, -0.25) is 4.99 Å². The quantitative estimate of drug-likeness (QED) is 0.694. The van der Waals surface area contributed by atoms with Crippen molar-refractivity contribution in [1.82, 2.24) is 9.97 Å². The maximum Gasteiger partial charge on any atom is 0.419 e. The predicted octanol–water partition coefficient (Wildman–Crippen LogP) is 3.58. The number of aliphatic hydroxyl groups is 1. The molecule has 25 heavy (non-hydrogen) atoms. The monoisotopic (exact) mass is 366 g/mol. The highest BCUT2D eigenvalue weighted by Crippen LogP contribution is 2.38. The fraction of sp³-hybridized carbons (Fsp3) is 0.188. The van der Waals surface area contributed by atoms with Gasteiger partial charge in [0.25, 0.3) is 0 Å². The molecule has 0 saturated carbocycles. The number of thiophene rings is 1. The molecule has 0 aromatic carbocycles. The number of hydrogen-bond acceptors (Lipinski definition) is 6. The summed E-state index contributed by atoms with van der Waals surface area (Å²) in [7, 11) is 1.61. The third-order valence-corrected chi connectivity index (χ3v) is 4.59. The molecule has 130 valence electrons. The molecule has 1 unspecified atom stereocenters. The largest absolute Gasteiger partial charge is 0.419 e. The first kappa shape index (κ1) is 17.3. The number of nitrogen functional groups attached to an aromatic ring is 1. The van der Waals surface area contributed by atoms with E-state index in [1.54, 1.807) is 31.5 Å². The van der Waals surface area contributed by atoms with Gasteiger partial charge in [0.15, 0.2) is 6.10 Å². The van der Waals surface area contributed by atoms with Crippen LogP contribution in [0.25, 0.3) is 21.5 Å². The molecule has 3 heterocycles. The molecule has 0 spiro atoms. The van der Waals surface area contributed by atoms with Crippen LogP contribution in [-0.4, -0.2) is 34.5 Å². The summed E-state index contributed by atoms with van der Waals surface area (Å²) >= 11 is 0.806. The fourth-order valence-electron chi connectivity index (χ4n) is 2.27. The van der Waals surface area contributed by atoms with E-state index in [4.69, 9.17) is 5.73 Å². The summed E-state index contributed by atoms with van der Waals surface area (Å²) in [5, 5.41) is 9.92. The molecule has 3 aromatic heterocycles. The number of nitrogens with two attached hydrogens (primary N) is 1. The Kier molecular flexibility index (Phi) is 4.44. The van der Waals surface area contributed by atoms with Gasteiger partial charge in [0.1, 0.15) is 10.6 Å². The van der Waals surface area contributed by atoms with Gasteiger partial charge in [-0.2, -0.15) is 13.2 Å². The third-order valence-electron chi connectivity index (χ3n) is 3.49. The highest BCUT2D eigenvalue weighted by molar-refractivity contribution is 7.18. The van der Waals surface area contributed by atoms with Gasteiger partial charge in [0.2, 0.25) is 0 Å². The van der Waals surface area contributed by atoms with E-state index >= 15 is 0 Å². The Morgan fingerprint density at radius 2 is 2.08 bits per heavy atom. The molecular weight excluding hydrogens is 353 g/mol. The summed E-state index contributed by atoms with van der Waals surface area (Å²) in [6.45, 7) is 0. The predicted molar refractivity (Wildman–Crippen MR) is 91.8 cm³/mol. The minimum atomic E-state index is -4.71. The standard InChI is InChI=1S/C16H13F3N4OS/c1-21-6-10-4-9(7-22-14(10)20)11-3-2-8-5-12(25-15(8)23-11)13(24)16(17,18)19/h2-7,13,24H,1H3,(H2,20,22). The molecule has 0 aliphatic carbocycles. The second kappa shape index (κ2) is 6.41. The second-order valence-electron chi connectivity index (χ2n) is 5.27. The second-order valence-corrected chi connectivity index (χ2v) is 6.33. The minimum Gasteiger partial charge on any atom is -0.383 e. The Labute approximate surface area is 144 Å². The fourth-order valence-corrected chi connectivity index (χ4v) is 3.31. The zero-order valence-corrected chi connectivity index (χ0v) is 13.8. The molecule has 9 heteroatoms. The van der Waals surface area contributed by atoms with Crippen molar-refractivity contribution >= 4 is 33.6 Å². The highest BCUT2D eigenvalue weighted by Gasteiger charge is 2.40. The van der Waals surface area contributed by atoms with Crippen molar-refractivity contribution in [3.8, 4) is 11.3 Å². The Balaban J connectivity index is 2.03. The lowest BCUT2D eigenvalue weighted by molar-refractivity contribution is -0.205. The summed E-state index contributed by atoms with van der Waals surface area (Å²) in [4.78, 5) is 12.6. The number of pyridine rings is 2. The number of nitrogens with zero attached hydrogens (tertiary/aromatic N) is 3. The van der Waals surface area contributed by atoms with Gasteiger partial charge < -0.3 is 10.8 Å². The molecule has 0 aliphatic rings. The SMILES string of the molecule is CN=Cc1cc(-c2ccc3cc(C(O)C(F)(F)F)sc3n2)cnc1N. The maximum atomic E-state index is 12.7. The van der Waals surface area contributed by atoms with Gasteiger partial charge in [0, 0.05) is 40.8 Å². The maximum absolute atomic E-state index is 12.7. The van der Waals surface area contributed by atoms with Crippen LogP contribution in [0.5, 0.6) is 0 Å². The molecule has 0 amide bonds. The summed E-state index contributed by atoms with van der Waals surface area (Å²) in [6.07, 6.45) is -4.12. The van der Waals surface area contributed by atoms with Crippen molar-refractivity contribution in [3.63, 3.8) is 0 Å². The van der Waals surface area contributed by atoms with E-state index in [9.17, 15) is 18.3 Å². The number of aliphatic hydroxyl groups excluding tert-OH is 1. The molecular formula is C16H13F3N4OS. The van der Waals surface area contributed by atoms with Crippen LogP contribution >= 0.6 is 11.3 Å². The van der Waals surface area contributed by atoms with E-state index in [1.165, 1.54) is 12.3 Å². The summed E-state index contributed by atoms with van der Waals surface area (Å²) in [5.41, 5.74) is 7.60. The van der Waals surface area contributed by atoms with Crippen LogP contribution in [0.2, 0.25) is 0 Å². The molecule has 0 bridgehead atoms. The number of hydrogen-bond donors (Lipinski definition) is 2. The van der Waals surface area contributed by atoms with Crippen LogP contribution in [-0.2, 0) is 0 Å². The number of rotatable bonds is 3. The Hall–Kier alpha value is -2.52. The zero-order valence-electron chi connectivity index (χ0n) is 12.9. The van der Waals surface area contributed by atoms with Crippen molar-refractivity contribution in [1.29, 1.82) is 0 Å². The first-order chi connectivity index (χ1) is 11.8. The van der Waals surface area contributed by atoms with Crippen LogP contribution in [0, 0.1) is 0 Å². The molecule has 3 N–H and O–H groups in total. The first-order valence-electron chi connectivity index (χ1n) is 7.13. The van der Waals surface area contributed by atoms with E-state index in [2.05, 4.69) is 15.0 Å². The first-order valence-corrected chi connectivity index (χ1v) is 7.94. The van der Waals surface area contributed by atoms with E-state index in [0.29, 0.717) is 32.9 Å². The van der Waals surface area contributed by atoms with Gasteiger partial charge in [-0.25, -0.2) is 9.97 Å². The molecule has 3 aromatic rings. The molecule has 0 radical (unpaired) electrons. The van der Waals surface area contributed by atoms with E-state index in [0.717, 1.165) is 11.3 Å². The summed E-state index contributed by atoms with van der Waals surface area (Å²) in [6, 6.07) is 6.39. The smallest absolute Gasteiger partial charge is 0.383 e. The van der Waals surface area contributed by atoms with Crippen molar-refractivity contribution in [3.05, 3.63) is 40.9 Å². The number of anilines is 1. The third kappa shape index (κ3) is 3.47. The lowest BCUT2D eigenvalue weighted by atomic mass is 10.1. The normalized spacial score (nSPS) is 13.6. The summed E-state index contributed by atoms with van der Waals surface area (Å²) < 4.78 is 38.0. The van der Waals surface area contributed by atoms with E-state index < -0.39 is 12.3 Å². The Morgan fingerprint density at radius 3 is 2.76 bits per heavy atom. The van der Waals surface area contributed by atoms with Crippen LogP contribution in [0.1, 0.15) is 16.5 Å². The van der Waals surface area contributed by atoms with E-state index in [1.807, 2.05) is 0 Å². The Bertz CT molecular complexity index is 952. The topological polar surface area (TPSA) is 84.4 Å². The number of fused-ring (bicyclic) bond motifs is 1. The van der Waals surface area contributed by atoms with Crippen molar-refractivity contribution in [2.24, 2.45) is 4.99 Å². The van der Waals surface area contributed by atoms with Gasteiger partial charge in [-0.15, -0.1) is 11.3 Å². The van der Waals surface area contributed by atoms with Crippen LogP contribution in [0.3, 0.4) is 0 Å². The molecule has 1 atom stereocenters. The number of aliphatic imine (C=N–C) groups is 1. The average molecular weight is 366 g/mol. The van der Waals surface area contributed by atoms with Crippen LogP contribution in [0.4, 0.5) is 19.0 Å². The molecule has 3 rings (SSSR count). The lowest BCUT2D eigenvalue weighted by Gasteiger charge is -2.11. The highest BCUT2D eigenvalue weighted by atomic mass is 32.1. The minimum absolute atomic E-state index is 0.193. The Morgan fingerprint density at radius 1 is 1.32 bits per heavy atom. The van der Waals surface area contributed by atoms with Crippen molar-refractivity contribution < 1.29 is 18.3 Å². The van der Waals surface area contributed by atoms with Gasteiger partial charge in [-0.1, -0.05) is 0 Å². The number of alkyl halides is 3. The average Bonchev–Trinajstić information content (AvgIpc) is 2.98. The van der Waals surface area contributed by atoms with Gasteiger partial charge in [0.05, 0.1) is 5.69 Å². The number of halogens is 3. The molecule has 0 fully saturated rings. The lowest BCUT2D eigenvalue weighted by Crippen LogP contribution is -2.18. The van der Waals surface area contributed by atoms with Crippen molar-refractivity contribution in [2.45, 2.75) is 12.3 Å². The van der Waals surface area contributed by atoms with Crippen LogP contribution in [0.15, 0.2) is 35.5 Å². The number of aromatic nitrogens is 2.